The van der Waals surface area contributed by atoms with Gasteiger partial charge in [-0.3, -0.25) is 0 Å². The lowest BCUT2D eigenvalue weighted by Crippen LogP contribution is -2.26. The summed E-state index contributed by atoms with van der Waals surface area (Å²) in [6.45, 7) is 4.69. The number of rotatable bonds is 6. The first-order valence-corrected chi connectivity index (χ1v) is 19.9. The van der Waals surface area contributed by atoms with Gasteiger partial charge in [-0.1, -0.05) is 184 Å². The van der Waals surface area contributed by atoms with E-state index in [-0.39, 0.29) is 5.41 Å². The van der Waals surface area contributed by atoms with Crippen molar-refractivity contribution in [1.29, 1.82) is 0 Å². The molecule has 11 rings (SSSR count). The molecule has 0 amide bonds. The first kappa shape index (κ1) is 33.9. The van der Waals surface area contributed by atoms with Gasteiger partial charge in [0.05, 0.1) is 16.7 Å². The SMILES string of the molecule is CC1(C)c2ccccc2-n2c3ccc(-c4cccc(-c5nc(-c6ccc(-c7ccccc7)cc6)nc(-c6ccccc6-c6ccccc6)n5)c4)cc3c3cccc1c32. The first-order valence-electron chi connectivity index (χ1n) is 19.9. The minimum absolute atomic E-state index is 0.106. The van der Waals surface area contributed by atoms with E-state index in [4.69, 9.17) is 15.0 Å². The summed E-state index contributed by atoms with van der Waals surface area (Å²) in [5.74, 6) is 1.89. The largest absolute Gasteiger partial charge is 0.309 e. The summed E-state index contributed by atoms with van der Waals surface area (Å²) >= 11 is 0. The molecule has 0 spiro atoms. The van der Waals surface area contributed by atoms with Crippen molar-refractivity contribution in [2.24, 2.45) is 0 Å². The fourth-order valence-electron chi connectivity index (χ4n) is 8.93. The molecule has 3 heterocycles. The van der Waals surface area contributed by atoms with Crippen LogP contribution in [0.1, 0.15) is 25.0 Å². The van der Waals surface area contributed by atoms with Gasteiger partial charge in [0.2, 0.25) is 0 Å². The molecule has 2 aromatic heterocycles. The number of hydrogen-bond donors (Lipinski definition) is 0. The van der Waals surface area contributed by atoms with Gasteiger partial charge in [0, 0.05) is 32.9 Å². The zero-order valence-corrected chi connectivity index (χ0v) is 32.3. The molecule has 0 saturated heterocycles. The smallest absolute Gasteiger partial charge is 0.164 e. The van der Waals surface area contributed by atoms with Crippen molar-refractivity contribution in [3.05, 3.63) is 205 Å². The average Bonchev–Trinajstić information content (AvgIpc) is 3.63. The second-order valence-electron chi connectivity index (χ2n) is 15.7. The Morgan fingerprint density at radius 3 is 1.69 bits per heavy atom. The fraction of sp³-hybridized carbons (Fsp3) is 0.0556. The van der Waals surface area contributed by atoms with E-state index >= 15 is 0 Å². The molecule has 1 aliphatic rings. The van der Waals surface area contributed by atoms with E-state index in [1.807, 2.05) is 12.1 Å². The maximum atomic E-state index is 5.22. The van der Waals surface area contributed by atoms with E-state index in [9.17, 15) is 0 Å². The quantitative estimate of drug-likeness (QED) is 0.170. The molecule has 4 heteroatoms. The number of benzene rings is 8. The molecule has 4 nitrogen and oxygen atoms in total. The van der Waals surface area contributed by atoms with E-state index in [0.29, 0.717) is 17.5 Å². The van der Waals surface area contributed by atoms with Gasteiger partial charge < -0.3 is 4.57 Å². The Hall–Kier alpha value is -7.43. The predicted octanol–water partition coefficient (Wildman–Crippen LogP) is 13.6. The number of para-hydroxylation sites is 2. The highest BCUT2D eigenvalue weighted by molar-refractivity contribution is 6.12. The highest BCUT2D eigenvalue weighted by Gasteiger charge is 2.34. The molecule has 0 radical (unpaired) electrons. The highest BCUT2D eigenvalue weighted by atomic mass is 15.0. The zero-order valence-electron chi connectivity index (χ0n) is 32.3. The molecule has 10 aromatic rings. The molecule has 0 aliphatic carbocycles. The van der Waals surface area contributed by atoms with E-state index in [2.05, 4.69) is 200 Å². The van der Waals surface area contributed by atoms with Crippen LogP contribution in [0.15, 0.2) is 194 Å². The number of fused-ring (bicyclic) bond motifs is 5. The topological polar surface area (TPSA) is 43.6 Å². The van der Waals surface area contributed by atoms with Crippen molar-refractivity contribution < 1.29 is 0 Å². The molecule has 274 valence electrons. The van der Waals surface area contributed by atoms with Gasteiger partial charge in [0.15, 0.2) is 17.5 Å². The summed E-state index contributed by atoms with van der Waals surface area (Å²) in [6.07, 6.45) is 0. The summed E-state index contributed by atoms with van der Waals surface area (Å²) in [6, 6.07) is 68.9. The van der Waals surface area contributed by atoms with E-state index in [0.717, 1.165) is 44.5 Å². The van der Waals surface area contributed by atoms with Gasteiger partial charge in [0.25, 0.3) is 0 Å². The van der Waals surface area contributed by atoms with Crippen LogP contribution >= 0.6 is 0 Å². The van der Waals surface area contributed by atoms with Crippen LogP contribution in [0.4, 0.5) is 0 Å². The first-order chi connectivity index (χ1) is 28.5. The second-order valence-corrected chi connectivity index (χ2v) is 15.7. The van der Waals surface area contributed by atoms with Crippen LogP contribution < -0.4 is 0 Å². The lowest BCUT2D eigenvalue weighted by atomic mass is 9.75. The predicted molar refractivity (Wildman–Crippen MR) is 239 cm³/mol. The summed E-state index contributed by atoms with van der Waals surface area (Å²) in [5, 5.41) is 2.52. The van der Waals surface area contributed by atoms with Crippen LogP contribution in [0, 0.1) is 0 Å². The van der Waals surface area contributed by atoms with Crippen LogP contribution in [0.2, 0.25) is 0 Å². The number of hydrogen-bond acceptors (Lipinski definition) is 3. The van der Waals surface area contributed by atoms with Gasteiger partial charge in [0.1, 0.15) is 0 Å². The monoisotopic (exact) mass is 742 g/mol. The van der Waals surface area contributed by atoms with Crippen molar-refractivity contribution in [2.75, 3.05) is 0 Å². The molecule has 8 aromatic carbocycles. The minimum atomic E-state index is -0.106. The highest BCUT2D eigenvalue weighted by Crippen LogP contribution is 2.48. The molecule has 1 aliphatic heterocycles. The molecule has 0 unspecified atom stereocenters. The number of aromatic nitrogens is 4. The summed E-state index contributed by atoms with van der Waals surface area (Å²) in [7, 11) is 0. The zero-order chi connectivity index (χ0) is 38.8. The standard InChI is InChI=1S/C54H38N4/c1-54(2)46-24-11-12-26-49(46)58-48-32-31-40(34-45(48)43-23-14-25-47(54)50(43)58)39-19-13-20-41(33-39)52-55-51(38-29-27-36(28-30-38)35-15-5-3-6-16-35)56-53(57-52)44-22-10-9-21-42(44)37-17-7-4-8-18-37/h3-34H,1-2H3. The van der Waals surface area contributed by atoms with E-state index in [1.165, 1.54) is 44.2 Å². The normalized spacial score (nSPS) is 12.8. The molecule has 0 saturated carbocycles. The summed E-state index contributed by atoms with van der Waals surface area (Å²) < 4.78 is 2.47. The Balaban J connectivity index is 1.06. The molecule has 58 heavy (non-hydrogen) atoms. The molecular weight excluding hydrogens is 705 g/mol. The van der Waals surface area contributed by atoms with Gasteiger partial charge in [-0.25, -0.2) is 15.0 Å². The number of nitrogens with zero attached hydrogens (tertiary/aromatic N) is 4. The molecule has 0 bridgehead atoms. The van der Waals surface area contributed by atoms with Crippen LogP contribution in [-0.2, 0) is 5.41 Å². The lowest BCUT2D eigenvalue weighted by Gasteiger charge is -2.34. The Labute approximate surface area is 337 Å². The van der Waals surface area contributed by atoms with Crippen molar-refractivity contribution in [1.82, 2.24) is 19.5 Å². The molecular formula is C54H38N4. The Kier molecular flexibility index (Phi) is 7.80. The Morgan fingerprint density at radius 1 is 0.362 bits per heavy atom. The van der Waals surface area contributed by atoms with Crippen LogP contribution in [0.5, 0.6) is 0 Å². The summed E-state index contributed by atoms with van der Waals surface area (Å²) in [4.78, 5) is 15.5. The third kappa shape index (κ3) is 5.48. The third-order valence-corrected chi connectivity index (χ3v) is 11.9. The van der Waals surface area contributed by atoms with E-state index < -0.39 is 0 Å². The second kappa shape index (κ2) is 13.4. The molecule has 0 atom stereocenters. The van der Waals surface area contributed by atoms with Crippen molar-refractivity contribution in [2.45, 2.75) is 19.3 Å². The maximum absolute atomic E-state index is 5.22. The Bertz CT molecular complexity index is 3180. The van der Waals surface area contributed by atoms with Crippen molar-refractivity contribution in [3.8, 4) is 73.2 Å². The maximum Gasteiger partial charge on any atom is 0.164 e. The van der Waals surface area contributed by atoms with Crippen molar-refractivity contribution >= 4 is 21.8 Å². The van der Waals surface area contributed by atoms with Gasteiger partial charge in [-0.05, 0) is 68.8 Å². The van der Waals surface area contributed by atoms with Crippen molar-refractivity contribution in [3.63, 3.8) is 0 Å². The lowest BCUT2D eigenvalue weighted by molar-refractivity contribution is 0.630. The molecule has 0 fully saturated rings. The average molecular weight is 743 g/mol. The van der Waals surface area contributed by atoms with Gasteiger partial charge in [-0.2, -0.15) is 0 Å². The van der Waals surface area contributed by atoms with Crippen LogP contribution in [0.25, 0.3) is 95.0 Å². The molecule has 0 N–H and O–H groups in total. The van der Waals surface area contributed by atoms with Crippen LogP contribution in [-0.4, -0.2) is 19.5 Å². The summed E-state index contributed by atoms with van der Waals surface area (Å²) in [5.41, 5.74) is 15.9. The van der Waals surface area contributed by atoms with Gasteiger partial charge >= 0.3 is 0 Å². The van der Waals surface area contributed by atoms with Crippen LogP contribution in [0.3, 0.4) is 0 Å². The Morgan fingerprint density at radius 2 is 0.897 bits per heavy atom. The van der Waals surface area contributed by atoms with Gasteiger partial charge in [-0.15, -0.1) is 0 Å². The third-order valence-electron chi connectivity index (χ3n) is 11.9. The minimum Gasteiger partial charge on any atom is -0.309 e. The fourth-order valence-corrected chi connectivity index (χ4v) is 8.93. The van der Waals surface area contributed by atoms with E-state index in [1.54, 1.807) is 0 Å².